The molecule has 0 aromatic carbocycles. The van der Waals surface area contributed by atoms with Crippen LogP contribution in [0.3, 0.4) is 0 Å². The summed E-state index contributed by atoms with van der Waals surface area (Å²) >= 11 is 1.69. The molecule has 0 aromatic rings. The van der Waals surface area contributed by atoms with Crippen LogP contribution in [0.15, 0.2) is 0 Å². The molecule has 2 saturated heterocycles. The Balaban J connectivity index is 1.95. The lowest BCUT2D eigenvalue weighted by Gasteiger charge is -2.29. The molecule has 2 heterocycles. The first-order valence-corrected chi connectivity index (χ1v) is 9.28. The summed E-state index contributed by atoms with van der Waals surface area (Å²) in [5.74, 6) is 2.19. The van der Waals surface area contributed by atoms with E-state index in [-0.39, 0.29) is 23.3 Å². The molecule has 0 saturated carbocycles. The van der Waals surface area contributed by atoms with E-state index in [1.54, 1.807) is 16.7 Å². The number of carbonyl (C=O) groups is 2. The maximum Gasteiger partial charge on any atom is 0.246 e. The molecule has 6 heteroatoms. The molecule has 2 aliphatic rings. The highest BCUT2D eigenvalue weighted by Gasteiger charge is 2.39. The minimum atomic E-state index is -0.256. The van der Waals surface area contributed by atoms with Crippen LogP contribution in [0.25, 0.3) is 0 Å². The van der Waals surface area contributed by atoms with Crippen LogP contribution < -0.4 is 5.32 Å². The van der Waals surface area contributed by atoms with Crippen molar-refractivity contribution in [1.29, 1.82) is 0 Å². The van der Waals surface area contributed by atoms with Gasteiger partial charge in [-0.2, -0.15) is 0 Å². The molecule has 22 heavy (non-hydrogen) atoms. The molecule has 0 spiro atoms. The van der Waals surface area contributed by atoms with Crippen LogP contribution in [-0.4, -0.2) is 66.0 Å². The molecule has 0 bridgehead atoms. The van der Waals surface area contributed by atoms with Gasteiger partial charge in [0, 0.05) is 25.3 Å². The van der Waals surface area contributed by atoms with Crippen LogP contribution in [0, 0.1) is 11.3 Å². The molecule has 2 amide bonds. The van der Waals surface area contributed by atoms with Crippen molar-refractivity contribution in [3.63, 3.8) is 0 Å². The van der Waals surface area contributed by atoms with Crippen LogP contribution in [0.5, 0.6) is 0 Å². The van der Waals surface area contributed by atoms with Gasteiger partial charge >= 0.3 is 0 Å². The van der Waals surface area contributed by atoms with Crippen LogP contribution in [0.1, 0.15) is 33.6 Å². The highest BCUT2D eigenvalue weighted by molar-refractivity contribution is 7.99. The number of hydrogen-bond acceptors (Lipinski definition) is 4. The van der Waals surface area contributed by atoms with Gasteiger partial charge in [0.15, 0.2) is 0 Å². The fourth-order valence-electron chi connectivity index (χ4n) is 3.15. The first-order chi connectivity index (χ1) is 10.3. The third-order valence-corrected chi connectivity index (χ3v) is 5.27. The number of amides is 2. The number of hydrogen-bond donors (Lipinski definition) is 1. The summed E-state index contributed by atoms with van der Waals surface area (Å²) < 4.78 is 0. The molecule has 0 aromatic heterocycles. The second-order valence-electron chi connectivity index (χ2n) is 7.61. The average molecular weight is 327 g/mol. The SMILES string of the molecule is CNCC1CCN(C(=O)C2CSCN2C(=O)CC(C)(C)C)C1. The van der Waals surface area contributed by atoms with E-state index < -0.39 is 0 Å². The number of rotatable bonds is 4. The Morgan fingerprint density at radius 3 is 2.68 bits per heavy atom. The first kappa shape index (κ1) is 17.6. The smallest absolute Gasteiger partial charge is 0.246 e. The molecule has 2 atom stereocenters. The molecular formula is C16H29N3O2S. The zero-order valence-electron chi connectivity index (χ0n) is 14.2. The second-order valence-corrected chi connectivity index (χ2v) is 8.61. The molecule has 2 fully saturated rings. The number of nitrogens with zero attached hydrogens (tertiary/aromatic N) is 2. The maximum atomic E-state index is 12.8. The van der Waals surface area contributed by atoms with E-state index in [0.29, 0.717) is 18.2 Å². The van der Waals surface area contributed by atoms with Gasteiger partial charge in [0.2, 0.25) is 11.8 Å². The number of nitrogens with one attached hydrogen (secondary N) is 1. The van der Waals surface area contributed by atoms with Crippen molar-refractivity contribution < 1.29 is 9.59 Å². The van der Waals surface area contributed by atoms with Gasteiger partial charge in [-0.25, -0.2) is 0 Å². The standard InChI is InChI=1S/C16H29N3O2S/c1-16(2,3)7-14(20)19-11-22-10-13(19)15(21)18-6-5-12(9-18)8-17-4/h12-13,17H,5-11H2,1-4H3. The van der Waals surface area contributed by atoms with Gasteiger partial charge in [-0.1, -0.05) is 20.8 Å². The van der Waals surface area contributed by atoms with Crippen LogP contribution in [0.4, 0.5) is 0 Å². The van der Waals surface area contributed by atoms with Crippen molar-refractivity contribution in [3.8, 4) is 0 Å². The van der Waals surface area contributed by atoms with E-state index in [9.17, 15) is 9.59 Å². The number of likely N-dealkylation sites (tertiary alicyclic amines) is 1. The van der Waals surface area contributed by atoms with E-state index in [1.165, 1.54) is 0 Å². The summed E-state index contributed by atoms with van der Waals surface area (Å²) in [5.41, 5.74) is -0.0382. The van der Waals surface area contributed by atoms with Crippen molar-refractivity contribution in [1.82, 2.24) is 15.1 Å². The van der Waals surface area contributed by atoms with Crippen molar-refractivity contribution >= 4 is 23.6 Å². The Labute approximate surface area is 138 Å². The maximum absolute atomic E-state index is 12.8. The molecular weight excluding hydrogens is 298 g/mol. The molecule has 2 unspecified atom stereocenters. The summed E-state index contributed by atoms with van der Waals surface area (Å²) in [5, 5.41) is 3.18. The van der Waals surface area contributed by atoms with Crippen molar-refractivity contribution in [2.75, 3.05) is 38.3 Å². The molecule has 126 valence electrons. The Kier molecular flexibility index (Phi) is 5.77. The van der Waals surface area contributed by atoms with E-state index >= 15 is 0 Å². The van der Waals surface area contributed by atoms with Gasteiger partial charge < -0.3 is 15.1 Å². The first-order valence-electron chi connectivity index (χ1n) is 8.12. The van der Waals surface area contributed by atoms with Gasteiger partial charge in [-0.05, 0) is 31.3 Å². The van der Waals surface area contributed by atoms with Crippen LogP contribution in [-0.2, 0) is 9.59 Å². The summed E-state index contributed by atoms with van der Waals surface area (Å²) in [6.45, 7) is 8.79. The minimum absolute atomic E-state index is 0.0382. The average Bonchev–Trinajstić information content (AvgIpc) is 3.05. The van der Waals surface area contributed by atoms with Crippen molar-refractivity contribution in [2.24, 2.45) is 11.3 Å². The van der Waals surface area contributed by atoms with Gasteiger partial charge in [-0.15, -0.1) is 11.8 Å². The normalized spacial score (nSPS) is 25.8. The largest absolute Gasteiger partial charge is 0.341 e. The summed E-state index contributed by atoms with van der Waals surface area (Å²) in [7, 11) is 1.95. The predicted molar refractivity (Wildman–Crippen MR) is 90.6 cm³/mol. The Morgan fingerprint density at radius 1 is 1.32 bits per heavy atom. The lowest BCUT2D eigenvalue weighted by molar-refractivity contribution is -0.143. The quantitative estimate of drug-likeness (QED) is 0.848. The Hall–Kier alpha value is -0.750. The molecule has 1 N–H and O–H groups in total. The van der Waals surface area contributed by atoms with Crippen molar-refractivity contribution in [3.05, 3.63) is 0 Å². The fraction of sp³-hybridized carbons (Fsp3) is 0.875. The van der Waals surface area contributed by atoms with Crippen LogP contribution in [0.2, 0.25) is 0 Å². The van der Waals surface area contributed by atoms with Gasteiger partial charge in [0.05, 0.1) is 5.88 Å². The summed E-state index contributed by atoms with van der Waals surface area (Å²) in [4.78, 5) is 29.0. The summed E-state index contributed by atoms with van der Waals surface area (Å²) in [6.07, 6.45) is 1.56. The predicted octanol–water partition coefficient (Wildman–Crippen LogP) is 1.39. The van der Waals surface area contributed by atoms with E-state index in [2.05, 4.69) is 26.1 Å². The topological polar surface area (TPSA) is 52.7 Å². The second kappa shape index (κ2) is 7.21. The number of carbonyl (C=O) groups excluding carboxylic acids is 2. The lowest BCUT2D eigenvalue weighted by Crippen LogP contribution is -2.49. The molecule has 5 nitrogen and oxygen atoms in total. The monoisotopic (exact) mass is 327 g/mol. The third kappa shape index (κ3) is 4.38. The van der Waals surface area contributed by atoms with E-state index in [1.807, 2.05) is 11.9 Å². The Bertz CT molecular complexity index is 422. The zero-order chi connectivity index (χ0) is 16.3. The summed E-state index contributed by atoms with van der Waals surface area (Å²) in [6, 6.07) is -0.256. The van der Waals surface area contributed by atoms with Gasteiger partial charge in [0.25, 0.3) is 0 Å². The Morgan fingerprint density at radius 2 is 2.05 bits per heavy atom. The van der Waals surface area contributed by atoms with E-state index in [0.717, 1.165) is 31.8 Å². The highest BCUT2D eigenvalue weighted by Crippen LogP contribution is 2.28. The van der Waals surface area contributed by atoms with E-state index in [4.69, 9.17) is 0 Å². The van der Waals surface area contributed by atoms with Gasteiger partial charge in [0.1, 0.15) is 6.04 Å². The zero-order valence-corrected chi connectivity index (χ0v) is 15.0. The molecule has 0 radical (unpaired) electrons. The molecule has 0 aliphatic carbocycles. The van der Waals surface area contributed by atoms with Gasteiger partial charge in [-0.3, -0.25) is 9.59 Å². The highest BCUT2D eigenvalue weighted by atomic mass is 32.2. The fourth-order valence-corrected chi connectivity index (χ4v) is 4.32. The van der Waals surface area contributed by atoms with Crippen LogP contribution >= 0.6 is 11.8 Å². The van der Waals surface area contributed by atoms with Crippen molar-refractivity contribution in [2.45, 2.75) is 39.7 Å². The minimum Gasteiger partial charge on any atom is -0.341 e. The lowest BCUT2D eigenvalue weighted by atomic mass is 9.91. The third-order valence-electron chi connectivity index (χ3n) is 4.26. The molecule has 2 aliphatic heterocycles. The molecule has 2 rings (SSSR count). The number of thioether (sulfide) groups is 1.